The number of aryl methyl sites for hydroxylation is 1. The van der Waals surface area contributed by atoms with Crippen molar-refractivity contribution >= 4 is 22.5 Å². The molecule has 0 aliphatic rings. The van der Waals surface area contributed by atoms with E-state index in [2.05, 4.69) is 16.4 Å². The summed E-state index contributed by atoms with van der Waals surface area (Å²) in [4.78, 5) is 15.8. The van der Waals surface area contributed by atoms with Gasteiger partial charge < -0.3 is 19.8 Å². The van der Waals surface area contributed by atoms with Crippen LogP contribution in [0.3, 0.4) is 0 Å². The minimum Gasteiger partial charge on any atom is -0.497 e. The summed E-state index contributed by atoms with van der Waals surface area (Å²) in [6, 6.07) is 21.5. The second-order valence-corrected chi connectivity index (χ2v) is 7.05. The highest BCUT2D eigenvalue weighted by Crippen LogP contribution is 2.33. The van der Waals surface area contributed by atoms with E-state index in [4.69, 9.17) is 9.47 Å². The number of hydrogen-bond donors (Lipinski definition) is 2. The average Bonchev–Trinajstić information content (AvgIpc) is 3.21. The van der Waals surface area contributed by atoms with Crippen molar-refractivity contribution in [3.63, 3.8) is 0 Å². The van der Waals surface area contributed by atoms with Gasteiger partial charge in [0.2, 0.25) is 5.91 Å². The summed E-state index contributed by atoms with van der Waals surface area (Å²) in [6.07, 6.45) is 3.07. The standard InChI is InChI=1S/C25H24N2O3/c1-29-20-11-7-17(8-12-20)22-15-19(10-13-24(22)30-2)27-25(28)14-9-18-16-26-23-6-4-3-5-21(18)23/h3-8,10-13,15-16,26H,9,14H2,1-2H3,(H,27,28). The SMILES string of the molecule is COc1ccc(-c2cc(NC(=O)CCc3c[nH]c4ccccc34)ccc2OC)cc1. The third-order valence-corrected chi connectivity index (χ3v) is 5.18. The Morgan fingerprint density at radius 2 is 1.77 bits per heavy atom. The lowest BCUT2D eigenvalue weighted by Gasteiger charge is -2.12. The van der Waals surface area contributed by atoms with Crippen molar-refractivity contribution in [3.8, 4) is 22.6 Å². The third-order valence-electron chi connectivity index (χ3n) is 5.18. The van der Waals surface area contributed by atoms with Crippen LogP contribution in [0.1, 0.15) is 12.0 Å². The van der Waals surface area contributed by atoms with Crippen LogP contribution < -0.4 is 14.8 Å². The second kappa shape index (κ2) is 8.74. The minimum atomic E-state index is -0.0221. The Morgan fingerprint density at radius 3 is 2.53 bits per heavy atom. The van der Waals surface area contributed by atoms with Gasteiger partial charge in [-0.25, -0.2) is 0 Å². The monoisotopic (exact) mass is 400 g/mol. The van der Waals surface area contributed by atoms with Crippen LogP contribution in [0.4, 0.5) is 5.69 Å². The molecule has 5 nitrogen and oxygen atoms in total. The molecular formula is C25H24N2O3. The topological polar surface area (TPSA) is 63.3 Å². The first-order valence-corrected chi connectivity index (χ1v) is 9.85. The number of anilines is 1. The van der Waals surface area contributed by atoms with Crippen molar-refractivity contribution in [1.82, 2.24) is 4.98 Å². The first-order chi connectivity index (χ1) is 14.7. The van der Waals surface area contributed by atoms with Crippen LogP contribution in [0.15, 0.2) is 72.9 Å². The summed E-state index contributed by atoms with van der Waals surface area (Å²) in [5.41, 5.74) is 4.88. The van der Waals surface area contributed by atoms with Crippen LogP contribution in [-0.2, 0) is 11.2 Å². The molecule has 0 spiro atoms. The van der Waals surface area contributed by atoms with Crippen molar-refractivity contribution in [2.45, 2.75) is 12.8 Å². The Morgan fingerprint density at radius 1 is 0.967 bits per heavy atom. The Kier molecular flexibility index (Phi) is 5.70. The normalized spacial score (nSPS) is 10.7. The molecule has 2 N–H and O–H groups in total. The summed E-state index contributed by atoms with van der Waals surface area (Å²) >= 11 is 0. The smallest absolute Gasteiger partial charge is 0.224 e. The van der Waals surface area contributed by atoms with Gasteiger partial charge in [-0.1, -0.05) is 30.3 Å². The quantitative estimate of drug-likeness (QED) is 0.435. The van der Waals surface area contributed by atoms with E-state index in [-0.39, 0.29) is 5.91 Å². The minimum absolute atomic E-state index is 0.0221. The van der Waals surface area contributed by atoms with Gasteiger partial charge in [-0.05, 0) is 53.9 Å². The molecule has 1 amide bonds. The van der Waals surface area contributed by atoms with Crippen LogP contribution in [0.2, 0.25) is 0 Å². The molecule has 5 heteroatoms. The van der Waals surface area contributed by atoms with E-state index in [0.29, 0.717) is 12.8 Å². The predicted molar refractivity (Wildman–Crippen MR) is 120 cm³/mol. The predicted octanol–water partition coefficient (Wildman–Crippen LogP) is 5.42. The number of rotatable bonds is 7. The molecule has 0 saturated carbocycles. The average molecular weight is 400 g/mol. The maximum absolute atomic E-state index is 12.6. The third kappa shape index (κ3) is 4.15. The summed E-state index contributed by atoms with van der Waals surface area (Å²) in [5.74, 6) is 1.52. The number of para-hydroxylation sites is 1. The molecule has 4 rings (SSSR count). The van der Waals surface area contributed by atoms with E-state index in [1.165, 1.54) is 0 Å². The van der Waals surface area contributed by atoms with Crippen LogP contribution in [0.5, 0.6) is 11.5 Å². The van der Waals surface area contributed by atoms with E-state index in [1.807, 2.05) is 66.9 Å². The fourth-order valence-corrected chi connectivity index (χ4v) is 3.59. The molecule has 1 aromatic heterocycles. The van der Waals surface area contributed by atoms with Crippen molar-refractivity contribution in [2.75, 3.05) is 19.5 Å². The number of amides is 1. The molecule has 0 atom stereocenters. The van der Waals surface area contributed by atoms with Crippen molar-refractivity contribution < 1.29 is 14.3 Å². The highest BCUT2D eigenvalue weighted by Gasteiger charge is 2.11. The molecule has 0 unspecified atom stereocenters. The maximum atomic E-state index is 12.6. The number of ether oxygens (including phenoxy) is 2. The Bertz CT molecular complexity index is 1160. The van der Waals surface area contributed by atoms with E-state index in [9.17, 15) is 4.79 Å². The number of methoxy groups -OCH3 is 2. The molecule has 4 aromatic rings. The van der Waals surface area contributed by atoms with E-state index >= 15 is 0 Å². The Balaban J connectivity index is 1.47. The number of hydrogen-bond acceptors (Lipinski definition) is 3. The molecule has 0 fully saturated rings. The number of aromatic amines is 1. The number of aromatic nitrogens is 1. The van der Waals surface area contributed by atoms with Gasteiger partial charge in [0.1, 0.15) is 11.5 Å². The fourth-order valence-electron chi connectivity index (χ4n) is 3.59. The summed E-state index contributed by atoms with van der Waals surface area (Å²) in [6.45, 7) is 0. The first kappa shape index (κ1) is 19.6. The molecule has 30 heavy (non-hydrogen) atoms. The summed E-state index contributed by atoms with van der Waals surface area (Å²) in [7, 11) is 3.28. The summed E-state index contributed by atoms with van der Waals surface area (Å²) in [5, 5.41) is 4.17. The number of fused-ring (bicyclic) bond motifs is 1. The van der Waals surface area contributed by atoms with Gasteiger partial charge in [-0.3, -0.25) is 4.79 Å². The Hall–Kier alpha value is -3.73. The van der Waals surface area contributed by atoms with E-state index in [0.717, 1.165) is 44.8 Å². The lowest BCUT2D eigenvalue weighted by Crippen LogP contribution is -2.12. The second-order valence-electron chi connectivity index (χ2n) is 7.05. The number of benzene rings is 3. The number of carbonyl (C=O) groups is 1. The molecule has 1 heterocycles. The highest BCUT2D eigenvalue weighted by atomic mass is 16.5. The van der Waals surface area contributed by atoms with Gasteiger partial charge in [0.05, 0.1) is 14.2 Å². The molecule has 0 bridgehead atoms. The van der Waals surface area contributed by atoms with Gasteiger partial charge >= 0.3 is 0 Å². The van der Waals surface area contributed by atoms with Crippen LogP contribution in [0, 0.1) is 0 Å². The molecule has 152 valence electrons. The zero-order valence-electron chi connectivity index (χ0n) is 17.1. The molecule has 0 aliphatic carbocycles. The lowest BCUT2D eigenvalue weighted by atomic mass is 10.0. The van der Waals surface area contributed by atoms with Gasteiger partial charge in [0.15, 0.2) is 0 Å². The molecule has 3 aromatic carbocycles. The molecule has 0 radical (unpaired) electrons. The van der Waals surface area contributed by atoms with Gasteiger partial charge in [-0.15, -0.1) is 0 Å². The number of carbonyl (C=O) groups excluding carboxylic acids is 1. The van der Waals surface area contributed by atoms with Gasteiger partial charge in [0, 0.05) is 34.8 Å². The number of nitrogens with one attached hydrogen (secondary N) is 2. The molecule has 0 saturated heterocycles. The molecular weight excluding hydrogens is 376 g/mol. The van der Waals surface area contributed by atoms with Gasteiger partial charge in [-0.2, -0.15) is 0 Å². The Labute approximate surface area is 175 Å². The largest absolute Gasteiger partial charge is 0.497 e. The number of H-pyrrole nitrogens is 1. The summed E-state index contributed by atoms with van der Waals surface area (Å²) < 4.78 is 10.7. The fraction of sp³-hybridized carbons (Fsp3) is 0.160. The van der Waals surface area contributed by atoms with E-state index < -0.39 is 0 Å². The molecule has 0 aliphatic heterocycles. The zero-order chi connectivity index (χ0) is 20.9. The van der Waals surface area contributed by atoms with E-state index in [1.54, 1.807) is 14.2 Å². The van der Waals surface area contributed by atoms with Gasteiger partial charge in [0.25, 0.3) is 0 Å². The van der Waals surface area contributed by atoms with Crippen molar-refractivity contribution in [3.05, 3.63) is 78.5 Å². The van der Waals surface area contributed by atoms with Crippen molar-refractivity contribution in [2.24, 2.45) is 0 Å². The zero-order valence-corrected chi connectivity index (χ0v) is 17.1. The van der Waals surface area contributed by atoms with Crippen LogP contribution in [-0.4, -0.2) is 25.1 Å². The maximum Gasteiger partial charge on any atom is 0.224 e. The highest BCUT2D eigenvalue weighted by molar-refractivity contribution is 5.92. The van der Waals surface area contributed by atoms with Crippen LogP contribution >= 0.6 is 0 Å². The van der Waals surface area contributed by atoms with Crippen molar-refractivity contribution in [1.29, 1.82) is 0 Å². The lowest BCUT2D eigenvalue weighted by molar-refractivity contribution is -0.116. The van der Waals surface area contributed by atoms with Crippen LogP contribution in [0.25, 0.3) is 22.0 Å². The first-order valence-electron chi connectivity index (χ1n) is 9.85.